The smallest absolute Gasteiger partial charge is 0.353 e. The van der Waals surface area contributed by atoms with Crippen LogP contribution in [0.4, 0.5) is 28.5 Å². The summed E-state index contributed by atoms with van der Waals surface area (Å²) in [5.41, 5.74) is 0.501. The highest BCUT2D eigenvalue weighted by Gasteiger charge is 2.32. The minimum absolute atomic E-state index is 0.0586. The van der Waals surface area contributed by atoms with Crippen LogP contribution in [0.2, 0.25) is 5.02 Å². The van der Waals surface area contributed by atoms with Crippen molar-refractivity contribution in [3.05, 3.63) is 58.3 Å². The Labute approximate surface area is 195 Å². The average molecular weight is 500 g/mol. The first-order valence-electron chi connectivity index (χ1n) is 9.90. The van der Waals surface area contributed by atoms with E-state index < -0.39 is 11.7 Å². The molecule has 6 nitrogen and oxygen atoms in total. The fourth-order valence-corrected chi connectivity index (χ4v) is 4.40. The van der Waals surface area contributed by atoms with Crippen LogP contribution in [0.5, 0.6) is 0 Å². The van der Waals surface area contributed by atoms with Gasteiger partial charge in [-0.15, -0.1) is 11.3 Å². The molecule has 1 N–H and O–H groups in total. The van der Waals surface area contributed by atoms with E-state index in [1.807, 2.05) is 4.90 Å². The summed E-state index contributed by atoms with van der Waals surface area (Å²) >= 11 is 7.30. The van der Waals surface area contributed by atoms with Crippen LogP contribution in [0, 0.1) is 5.82 Å². The van der Waals surface area contributed by atoms with E-state index in [4.69, 9.17) is 11.6 Å². The van der Waals surface area contributed by atoms with Gasteiger partial charge >= 0.3 is 6.18 Å². The maximum atomic E-state index is 13.1. The van der Waals surface area contributed by atoms with Gasteiger partial charge in [-0.2, -0.15) is 13.2 Å². The van der Waals surface area contributed by atoms with E-state index in [2.05, 4.69) is 15.3 Å². The van der Waals surface area contributed by atoms with Crippen molar-refractivity contribution in [2.45, 2.75) is 6.18 Å². The zero-order chi connectivity index (χ0) is 23.6. The third-order valence-electron chi connectivity index (χ3n) is 5.08. The van der Waals surface area contributed by atoms with E-state index in [-0.39, 0.29) is 23.3 Å². The lowest BCUT2D eigenvalue weighted by Gasteiger charge is -2.35. The number of alkyl halides is 3. The number of hydrogen-bond donors (Lipinski definition) is 1. The molecule has 1 aliphatic heterocycles. The summed E-state index contributed by atoms with van der Waals surface area (Å²) in [5.74, 6) is -0.266. The molecule has 0 radical (unpaired) electrons. The minimum Gasteiger partial charge on any atom is -0.353 e. The second-order valence-electron chi connectivity index (χ2n) is 7.38. The van der Waals surface area contributed by atoms with Gasteiger partial charge in [0.1, 0.15) is 11.6 Å². The fraction of sp³-hybridized carbons (Fsp3) is 0.286. The van der Waals surface area contributed by atoms with Crippen LogP contribution in [0.25, 0.3) is 11.3 Å². The molecule has 3 heterocycles. The zero-order valence-electron chi connectivity index (χ0n) is 17.1. The van der Waals surface area contributed by atoms with Crippen LogP contribution in [-0.2, 0) is 11.0 Å². The van der Waals surface area contributed by atoms with Crippen molar-refractivity contribution in [1.29, 1.82) is 0 Å². The number of hydrogen-bond acceptors (Lipinski definition) is 6. The van der Waals surface area contributed by atoms with Crippen LogP contribution in [0.3, 0.4) is 0 Å². The lowest BCUT2D eigenvalue weighted by atomic mass is 10.2. The van der Waals surface area contributed by atoms with E-state index >= 15 is 0 Å². The van der Waals surface area contributed by atoms with E-state index in [1.54, 1.807) is 22.4 Å². The number of nitrogens with one attached hydrogen (secondary N) is 1. The number of halogens is 5. The quantitative estimate of drug-likeness (QED) is 0.512. The highest BCUT2D eigenvalue weighted by atomic mass is 35.5. The summed E-state index contributed by atoms with van der Waals surface area (Å²) in [6, 6.07) is 6.80. The van der Waals surface area contributed by atoms with E-state index in [1.165, 1.54) is 23.5 Å². The number of amides is 1. The maximum absolute atomic E-state index is 13.1. The second kappa shape index (κ2) is 9.62. The Morgan fingerprint density at radius 3 is 2.48 bits per heavy atom. The number of aromatic nitrogens is 2. The van der Waals surface area contributed by atoms with Gasteiger partial charge in [-0.1, -0.05) is 11.6 Å². The van der Waals surface area contributed by atoms with Gasteiger partial charge in [0.2, 0.25) is 5.91 Å². The lowest BCUT2D eigenvalue weighted by Crippen LogP contribution is -2.49. The second-order valence-corrected chi connectivity index (χ2v) is 8.65. The summed E-state index contributed by atoms with van der Waals surface area (Å²) in [4.78, 5) is 24.4. The number of piperazine rings is 1. The van der Waals surface area contributed by atoms with Crippen LogP contribution >= 0.6 is 22.9 Å². The Morgan fingerprint density at radius 1 is 1.15 bits per heavy atom. The van der Waals surface area contributed by atoms with Gasteiger partial charge in [-0.25, -0.2) is 14.4 Å². The fourth-order valence-electron chi connectivity index (χ4n) is 3.38. The monoisotopic (exact) mass is 499 g/mol. The Morgan fingerprint density at radius 2 is 1.85 bits per heavy atom. The first kappa shape index (κ1) is 23.4. The van der Waals surface area contributed by atoms with Crippen LogP contribution in [-0.4, -0.2) is 53.5 Å². The van der Waals surface area contributed by atoms with Gasteiger partial charge < -0.3 is 10.2 Å². The van der Waals surface area contributed by atoms with Gasteiger partial charge in [0, 0.05) is 43.3 Å². The lowest BCUT2D eigenvalue weighted by molar-refractivity contribution is -0.137. The molecule has 1 fully saturated rings. The molecule has 4 rings (SSSR count). The number of rotatable bonds is 5. The van der Waals surface area contributed by atoms with Crippen molar-refractivity contribution >= 4 is 39.8 Å². The Kier molecular flexibility index (Phi) is 6.82. The predicted molar refractivity (Wildman–Crippen MR) is 119 cm³/mol. The summed E-state index contributed by atoms with van der Waals surface area (Å²) in [7, 11) is 0. The zero-order valence-corrected chi connectivity index (χ0v) is 18.6. The van der Waals surface area contributed by atoms with Crippen LogP contribution < -0.4 is 10.2 Å². The highest BCUT2D eigenvalue weighted by Crippen LogP contribution is 2.33. The summed E-state index contributed by atoms with van der Waals surface area (Å²) in [6.07, 6.45) is -3.73. The number of pyridine rings is 1. The third-order valence-corrected chi connectivity index (χ3v) is 6.11. The van der Waals surface area contributed by atoms with Gasteiger partial charge in [0.15, 0.2) is 5.13 Å². The van der Waals surface area contributed by atoms with Gasteiger partial charge in [0.25, 0.3) is 0 Å². The van der Waals surface area contributed by atoms with Crippen molar-refractivity contribution in [1.82, 2.24) is 14.9 Å². The molecule has 3 aromatic rings. The molecule has 174 valence electrons. The summed E-state index contributed by atoms with van der Waals surface area (Å²) < 4.78 is 51.5. The SMILES string of the molecule is O=C(CN1CCN(c2ncc(C(F)(F)F)cc2Cl)CC1)Nc1nc(-c2ccc(F)cc2)cs1. The largest absolute Gasteiger partial charge is 0.417 e. The number of carbonyl (C=O) groups is 1. The van der Waals surface area contributed by atoms with Gasteiger partial charge in [0.05, 0.1) is 22.8 Å². The van der Waals surface area contributed by atoms with Crippen molar-refractivity contribution < 1.29 is 22.4 Å². The van der Waals surface area contributed by atoms with Crippen molar-refractivity contribution in [2.75, 3.05) is 42.9 Å². The number of nitrogens with zero attached hydrogens (tertiary/aromatic N) is 4. The molecule has 0 unspecified atom stereocenters. The van der Waals surface area contributed by atoms with E-state index in [0.29, 0.717) is 42.8 Å². The number of carbonyl (C=O) groups excluding carboxylic acids is 1. The van der Waals surface area contributed by atoms with Crippen LogP contribution in [0.1, 0.15) is 5.56 Å². The normalized spacial score (nSPS) is 15.0. The first-order valence-corrected chi connectivity index (χ1v) is 11.2. The molecular formula is C21H18ClF4N5OS. The number of anilines is 2. The standard InChI is InChI=1S/C21H18ClF4N5OS/c22-16-9-14(21(24,25)26)10-27-19(16)31-7-5-30(6-8-31)11-18(32)29-20-28-17(12-33-20)13-1-3-15(23)4-2-13/h1-4,9-10,12H,5-8,11H2,(H,28,29,32). The molecule has 1 aliphatic rings. The summed E-state index contributed by atoms with van der Waals surface area (Å²) in [6.45, 7) is 2.12. The number of thiazole rings is 1. The topological polar surface area (TPSA) is 61.4 Å². The van der Waals surface area contributed by atoms with E-state index in [9.17, 15) is 22.4 Å². The minimum atomic E-state index is -4.50. The van der Waals surface area contributed by atoms with Crippen molar-refractivity contribution in [2.24, 2.45) is 0 Å². The molecule has 1 amide bonds. The van der Waals surface area contributed by atoms with Crippen molar-refractivity contribution in [3.8, 4) is 11.3 Å². The molecule has 2 aromatic heterocycles. The Balaban J connectivity index is 1.29. The number of benzene rings is 1. The Hall–Kier alpha value is -2.76. The molecule has 33 heavy (non-hydrogen) atoms. The first-order chi connectivity index (χ1) is 15.7. The van der Waals surface area contributed by atoms with Crippen molar-refractivity contribution in [3.63, 3.8) is 0 Å². The van der Waals surface area contributed by atoms with Crippen LogP contribution in [0.15, 0.2) is 41.9 Å². The van der Waals surface area contributed by atoms with Gasteiger partial charge in [-0.05, 0) is 30.3 Å². The maximum Gasteiger partial charge on any atom is 0.417 e. The van der Waals surface area contributed by atoms with Gasteiger partial charge in [-0.3, -0.25) is 9.69 Å². The molecule has 12 heteroatoms. The predicted octanol–water partition coefficient (Wildman–Crippen LogP) is 4.78. The Bertz CT molecular complexity index is 1130. The highest BCUT2D eigenvalue weighted by molar-refractivity contribution is 7.14. The molecular weight excluding hydrogens is 482 g/mol. The summed E-state index contributed by atoms with van der Waals surface area (Å²) in [5, 5.41) is 4.93. The molecule has 1 saturated heterocycles. The molecule has 0 aliphatic carbocycles. The molecule has 0 bridgehead atoms. The molecule has 1 aromatic carbocycles. The third kappa shape index (κ3) is 5.79. The molecule has 0 saturated carbocycles. The van der Waals surface area contributed by atoms with E-state index in [0.717, 1.165) is 17.8 Å². The molecule has 0 spiro atoms. The average Bonchev–Trinajstić information content (AvgIpc) is 3.22. The molecule has 0 atom stereocenters.